The number of hydrogen-bond acceptors (Lipinski definition) is 8. The van der Waals surface area contributed by atoms with E-state index in [1.165, 1.54) is 12.3 Å². The molecule has 0 saturated carbocycles. The molecule has 0 radical (unpaired) electrons. The highest BCUT2D eigenvalue weighted by Crippen LogP contribution is 2.36. The second kappa shape index (κ2) is 9.31. The lowest BCUT2D eigenvalue weighted by molar-refractivity contribution is -0.0494. The lowest BCUT2D eigenvalue weighted by Crippen LogP contribution is -2.39. The van der Waals surface area contributed by atoms with E-state index in [-0.39, 0.29) is 30.7 Å². The van der Waals surface area contributed by atoms with Crippen molar-refractivity contribution < 1.29 is 27.0 Å². The molecule has 0 spiro atoms. The van der Waals surface area contributed by atoms with E-state index in [4.69, 9.17) is 10.5 Å². The minimum Gasteiger partial charge on any atom is -0.431 e. The van der Waals surface area contributed by atoms with Crippen LogP contribution in [-0.2, 0) is 4.74 Å². The number of nitrogens with zero attached hydrogens (tertiary/aromatic N) is 5. The number of anilines is 3. The Bertz CT molecular complexity index is 946. The largest absolute Gasteiger partial charge is 0.431 e. The lowest BCUT2D eigenvalue weighted by Gasteiger charge is -2.29. The predicted octanol–water partition coefficient (Wildman–Crippen LogP) is 2.83. The number of fused-ring (bicyclic) bond motifs is 2. The molecule has 3 atom stereocenters. The predicted molar refractivity (Wildman–Crippen MR) is 111 cm³/mol. The first-order chi connectivity index (χ1) is 15.4. The number of rotatable bonds is 9. The van der Waals surface area contributed by atoms with Crippen molar-refractivity contribution in [1.29, 1.82) is 0 Å². The van der Waals surface area contributed by atoms with Crippen LogP contribution in [0.5, 0.6) is 5.75 Å². The first-order valence-electron chi connectivity index (χ1n) is 10.3. The number of pyridine rings is 1. The average Bonchev–Trinajstić information content (AvgIpc) is 3.29. The molecule has 4 rings (SSSR count). The standard InChI is InChI=1S/C20H24F4N6O2/c1-2-4-29(5-3-21)20-27-12(11-6-14(32-19(23)24)18(25)26-8-11)7-16(28-20)30-9-15-17(22)13(30)10-31-15/h6-8,13,15,17,19H,2-5,9-10H2,1H3,(H2,25,26). The fourth-order valence-electron chi connectivity index (χ4n) is 3.99. The summed E-state index contributed by atoms with van der Waals surface area (Å²) in [6.45, 7) is -0.592. The van der Waals surface area contributed by atoms with E-state index in [1.54, 1.807) is 15.9 Å². The number of nitrogens with two attached hydrogens (primary N) is 1. The molecule has 2 bridgehead atoms. The summed E-state index contributed by atoms with van der Waals surface area (Å²) in [5.74, 6) is 0.217. The molecule has 2 saturated heterocycles. The minimum absolute atomic E-state index is 0.0807. The molecule has 8 nitrogen and oxygen atoms in total. The fraction of sp³-hybridized carbons (Fsp3) is 0.550. The lowest BCUT2D eigenvalue weighted by atomic mass is 10.2. The molecule has 12 heteroatoms. The Hall–Kier alpha value is -2.89. The van der Waals surface area contributed by atoms with Gasteiger partial charge in [-0.05, 0) is 12.5 Å². The van der Waals surface area contributed by atoms with Gasteiger partial charge in [-0.25, -0.2) is 18.7 Å². The van der Waals surface area contributed by atoms with Gasteiger partial charge in [-0.15, -0.1) is 0 Å². The zero-order valence-corrected chi connectivity index (χ0v) is 17.4. The monoisotopic (exact) mass is 456 g/mol. The van der Waals surface area contributed by atoms with Crippen LogP contribution in [0.3, 0.4) is 0 Å². The van der Waals surface area contributed by atoms with Gasteiger partial charge in [0, 0.05) is 37.5 Å². The maximum atomic E-state index is 14.5. The van der Waals surface area contributed by atoms with Gasteiger partial charge in [-0.2, -0.15) is 13.8 Å². The van der Waals surface area contributed by atoms with E-state index >= 15 is 0 Å². The molecule has 0 aromatic carbocycles. The van der Waals surface area contributed by atoms with E-state index in [9.17, 15) is 17.6 Å². The Kier molecular flexibility index (Phi) is 6.49. The van der Waals surface area contributed by atoms with E-state index in [1.807, 2.05) is 6.92 Å². The van der Waals surface area contributed by atoms with Crippen molar-refractivity contribution in [3.05, 3.63) is 18.3 Å². The maximum absolute atomic E-state index is 14.5. The van der Waals surface area contributed by atoms with Gasteiger partial charge in [-0.1, -0.05) is 6.92 Å². The summed E-state index contributed by atoms with van der Waals surface area (Å²) < 4.78 is 63.0. The third-order valence-electron chi connectivity index (χ3n) is 5.50. The van der Waals surface area contributed by atoms with Crippen LogP contribution in [0.2, 0.25) is 0 Å². The SMILES string of the molecule is CCCN(CCF)c1nc(-c2cnc(N)c(OC(F)F)c2)cc(N2CC3OCC2C3F)n1. The number of ether oxygens (including phenoxy) is 2. The third kappa shape index (κ3) is 4.36. The molecule has 2 N–H and O–H groups in total. The van der Waals surface area contributed by atoms with E-state index in [0.717, 1.165) is 6.42 Å². The Morgan fingerprint density at radius 1 is 1.31 bits per heavy atom. The van der Waals surface area contributed by atoms with Crippen molar-refractivity contribution in [2.75, 3.05) is 48.4 Å². The van der Waals surface area contributed by atoms with Gasteiger partial charge in [0.15, 0.2) is 17.7 Å². The van der Waals surface area contributed by atoms with Crippen molar-refractivity contribution in [1.82, 2.24) is 15.0 Å². The van der Waals surface area contributed by atoms with Crippen LogP contribution in [-0.4, -0.2) is 72.8 Å². The topological polar surface area (TPSA) is 89.6 Å². The second-order valence-corrected chi connectivity index (χ2v) is 7.61. The number of nitrogen functional groups attached to an aromatic ring is 1. The van der Waals surface area contributed by atoms with Crippen molar-refractivity contribution in [2.24, 2.45) is 0 Å². The molecule has 2 aromatic heterocycles. The molecule has 0 aliphatic carbocycles. The first-order valence-corrected chi connectivity index (χ1v) is 10.3. The Balaban J connectivity index is 1.77. The van der Waals surface area contributed by atoms with Gasteiger partial charge < -0.3 is 25.0 Å². The summed E-state index contributed by atoms with van der Waals surface area (Å²) in [5.41, 5.74) is 6.34. The van der Waals surface area contributed by atoms with Crippen LogP contribution < -0.4 is 20.3 Å². The molecule has 3 unspecified atom stereocenters. The molecular weight excluding hydrogens is 432 g/mol. The number of hydrogen-bond donors (Lipinski definition) is 1. The Labute approximate surface area is 182 Å². The number of halogens is 4. The summed E-state index contributed by atoms with van der Waals surface area (Å²) in [5, 5.41) is 0. The Morgan fingerprint density at radius 2 is 2.12 bits per heavy atom. The van der Waals surface area contributed by atoms with Gasteiger partial charge in [-0.3, -0.25) is 0 Å². The van der Waals surface area contributed by atoms with E-state index in [2.05, 4.69) is 19.7 Å². The van der Waals surface area contributed by atoms with Crippen LogP contribution >= 0.6 is 0 Å². The van der Waals surface area contributed by atoms with Gasteiger partial charge in [0.25, 0.3) is 0 Å². The number of aromatic nitrogens is 3. The average molecular weight is 456 g/mol. The highest BCUT2D eigenvalue weighted by atomic mass is 19.3. The molecule has 174 valence electrons. The smallest absolute Gasteiger partial charge is 0.387 e. The highest BCUT2D eigenvalue weighted by Gasteiger charge is 2.49. The number of alkyl halides is 4. The molecule has 4 heterocycles. The van der Waals surface area contributed by atoms with Crippen LogP contribution in [0.4, 0.5) is 35.1 Å². The summed E-state index contributed by atoms with van der Waals surface area (Å²) in [6, 6.07) is 2.44. The first kappa shape index (κ1) is 22.3. The van der Waals surface area contributed by atoms with Crippen LogP contribution in [0.25, 0.3) is 11.3 Å². The van der Waals surface area contributed by atoms with Crippen molar-refractivity contribution in [2.45, 2.75) is 38.3 Å². The molecule has 2 aliphatic heterocycles. The Morgan fingerprint density at radius 3 is 2.75 bits per heavy atom. The van der Waals surface area contributed by atoms with E-state index < -0.39 is 31.6 Å². The summed E-state index contributed by atoms with van der Waals surface area (Å²) in [6.07, 6.45) is 0.426. The zero-order valence-electron chi connectivity index (χ0n) is 17.4. The fourth-order valence-corrected chi connectivity index (χ4v) is 3.99. The molecular formula is C20H24F4N6O2. The van der Waals surface area contributed by atoms with Gasteiger partial charge in [0.1, 0.15) is 18.6 Å². The summed E-state index contributed by atoms with van der Waals surface area (Å²) >= 11 is 0. The molecule has 0 amide bonds. The quantitative estimate of drug-likeness (QED) is 0.577. The number of morpholine rings is 1. The normalized spacial score (nSPS) is 22.1. The van der Waals surface area contributed by atoms with Crippen LogP contribution in [0.15, 0.2) is 18.3 Å². The molecule has 2 aliphatic rings. The molecule has 2 fully saturated rings. The third-order valence-corrected chi connectivity index (χ3v) is 5.50. The molecule has 32 heavy (non-hydrogen) atoms. The van der Waals surface area contributed by atoms with Crippen molar-refractivity contribution in [3.63, 3.8) is 0 Å². The molecule has 2 aromatic rings. The van der Waals surface area contributed by atoms with Crippen LogP contribution in [0.1, 0.15) is 13.3 Å². The van der Waals surface area contributed by atoms with Crippen molar-refractivity contribution in [3.8, 4) is 17.0 Å². The van der Waals surface area contributed by atoms with Gasteiger partial charge in [0.2, 0.25) is 5.95 Å². The van der Waals surface area contributed by atoms with Crippen molar-refractivity contribution >= 4 is 17.6 Å². The summed E-state index contributed by atoms with van der Waals surface area (Å²) in [4.78, 5) is 16.5. The second-order valence-electron chi connectivity index (χ2n) is 7.61. The van der Waals surface area contributed by atoms with Gasteiger partial charge in [0.05, 0.1) is 18.3 Å². The summed E-state index contributed by atoms with van der Waals surface area (Å²) in [7, 11) is 0. The highest BCUT2D eigenvalue weighted by molar-refractivity contribution is 5.68. The zero-order chi connectivity index (χ0) is 22.8. The van der Waals surface area contributed by atoms with Crippen LogP contribution in [0, 0.1) is 0 Å². The maximum Gasteiger partial charge on any atom is 0.387 e. The van der Waals surface area contributed by atoms with Gasteiger partial charge >= 0.3 is 6.61 Å². The minimum atomic E-state index is -3.07. The van der Waals surface area contributed by atoms with E-state index in [0.29, 0.717) is 30.2 Å².